The molecule has 1 N–H and O–H groups in total. The van der Waals surface area contributed by atoms with Crippen molar-refractivity contribution in [3.8, 4) is 0 Å². The fourth-order valence-electron chi connectivity index (χ4n) is 3.24. The molecule has 0 aliphatic carbocycles. The first kappa shape index (κ1) is 26.9. The lowest BCUT2D eigenvalue weighted by molar-refractivity contribution is 0.00141. The van der Waals surface area contributed by atoms with Crippen LogP contribution in [0.25, 0.3) is 0 Å². The Morgan fingerprint density at radius 1 is 0.840 bits per heavy atom. The minimum absolute atomic E-state index is 0.0384. The normalized spacial score (nSPS) is 14.8. The molecule has 0 aromatic carbocycles. The van der Waals surface area contributed by atoms with Gasteiger partial charge in [0.1, 0.15) is 6.10 Å². The SMILES string of the molecule is CCC(CC)C(O)C(C)(C)C.CCC(CC)C(OC(=O)Cl)C(C)(C)C. The van der Waals surface area contributed by atoms with Gasteiger partial charge < -0.3 is 9.84 Å². The van der Waals surface area contributed by atoms with Crippen LogP contribution in [-0.4, -0.2) is 22.7 Å². The molecule has 0 aliphatic rings. The van der Waals surface area contributed by atoms with Crippen LogP contribution >= 0.6 is 11.6 Å². The van der Waals surface area contributed by atoms with Gasteiger partial charge in [0.15, 0.2) is 0 Å². The molecule has 0 rings (SSSR count). The minimum atomic E-state index is -0.697. The van der Waals surface area contributed by atoms with E-state index in [4.69, 9.17) is 16.3 Å². The van der Waals surface area contributed by atoms with Gasteiger partial charge in [-0.1, -0.05) is 82.1 Å². The fourth-order valence-corrected chi connectivity index (χ4v) is 3.34. The van der Waals surface area contributed by atoms with Gasteiger partial charge in [-0.05, 0) is 35.5 Å². The van der Waals surface area contributed by atoms with Gasteiger partial charge in [0.25, 0.3) is 0 Å². The standard InChI is InChI=1S/C11H21ClO2.C10H22O/c1-6-8(7-2)9(11(3,4)5)14-10(12)13;1-6-8(7-2)9(11)10(3,4)5/h8-9H,6-7H2,1-5H3;8-9,11H,6-7H2,1-5H3. The molecule has 152 valence electrons. The van der Waals surface area contributed by atoms with Gasteiger partial charge in [-0.25, -0.2) is 4.79 Å². The summed E-state index contributed by atoms with van der Waals surface area (Å²) in [5, 5.41) is 9.85. The van der Waals surface area contributed by atoms with Gasteiger partial charge in [0.2, 0.25) is 0 Å². The van der Waals surface area contributed by atoms with Crippen molar-refractivity contribution in [2.24, 2.45) is 22.7 Å². The number of aliphatic hydroxyl groups excluding tert-OH is 1. The number of halogens is 1. The van der Waals surface area contributed by atoms with Crippen molar-refractivity contribution in [3.63, 3.8) is 0 Å². The first-order valence-corrected chi connectivity index (χ1v) is 10.2. The maximum absolute atomic E-state index is 10.8. The number of carbonyl (C=O) groups is 1. The average Bonchev–Trinajstić information content (AvgIpc) is 2.47. The minimum Gasteiger partial charge on any atom is -0.450 e. The molecule has 0 saturated carbocycles. The summed E-state index contributed by atoms with van der Waals surface area (Å²) in [6.45, 7) is 21.0. The second-order valence-corrected chi connectivity index (χ2v) is 9.41. The smallest absolute Gasteiger partial charge is 0.404 e. The van der Waals surface area contributed by atoms with Gasteiger partial charge >= 0.3 is 5.43 Å². The van der Waals surface area contributed by atoms with Crippen LogP contribution in [0.3, 0.4) is 0 Å². The molecule has 0 fully saturated rings. The Morgan fingerprint density at radius 2 is 1.20 bits per heavy atom. The van der Waals surface area contributed by atoms with Crippen molar-refractivity contribution in [3.05, 3.63) is 0 Å². The molecule has 0 aromatic heterocycles. The molecule has 0 saturated heterocycles. The Balaban J connectivity index is 0. The Labute approximate surface area is 161 Å². The quantitative estimate of drug-likeness (QED) is 0.483. The van der Waals surface area contributed by atoms with Crippen molar-refractivity contribution in [2.75, 3.05) is 0 Å². The fraction of sp³-hybridized carbons (Fsp3) is 0.952. The summed E-state index contributed by atoms with van der Waals surface area (Å²) in [4.78, 5) is 10.8. The highest BCUT2D eigenvalue weighted by Crippen LogP contribution is 2.32. The lowest BCUT2D eigenvalue weighted by Crippen LogP contribution is -2.36. The predicted octanol–water partition coefficient (Wildman–Crippen LogP) is 7.04. The summed E-state index contributed by atoms with van der Waals surface area (Å²) >= 11 is 5.28. The van der Waals surface area contributed by atoms with Crippen LogP contribution in [0.15, 0.2) is 0 Å². The number of hydrogen-bond acceptors (Lipinski definition) is 3. The molecule has 0 spiro atoms. The summed E-state index contributed by atoms with van der Waals surface area (Å²) in [5.41, 5.74) is -0.713. The molecule has 0 radical (unpaired) electrons. The van der Waals surface area contributed by atoms with Gasteiger partial charge in [-0.15, -0.1) is 0 Å². The summed E-state index contributed by atoms with van der Waals surface area (Å²) < 4.78 is 5.19. The lowest BCUT2D eigenvalue weighted by atomic mass is 9.79. The van der Waals surface area contributed by atoms with Crippen molar-refractivity contribution in [2.45, 2.75) is 107 Å². The highest BCUT2D eigenvalue weighted by Gasteiger charge is 2.33. The van der Waals surface area contributed by atoms with E-state index in [9.17, 15) is 9.90 Å². The Hall–Kier alpha value is -0.280. The predicted molar refractivity (Wildman–Crippen MR) is 109 cm³/mol. The van der Waals surface area contributed by atoms with E-state index < -0.39 is 5.43 Å². The molecule has 2 unspecified atom stereocenters. The van der Waals surface area contributed by atoms with E-state index in [1.807, 2.05) is 0 Å². The third-order valence-corrected chi connectivity index (χ3v) is 5.02. The molecule has 0 heterocycles. The maximum Gasteiger partial charge on any atom is 0.404 e. The molecule has 3 nitrogen and oxygen atoms in total. The van der Waals surface area contributed by atoms with E-state index in [-0.39, 0.29) is 23.0 Å². The molecule has 25 heavy (non-hydrogen) atoms. The zero-order valence-electron chi connectivity index (χ0n) is 18.3. The molecule has 0 aromatic rings. The topological polar surface area (TPSA) is 46.5 Å². The van der Waals surface area contributed by atoms with Gasteiger partial charge in [0.05, 0.1) is 6.10 Å². The van der Waals surface area contributed by atoms with Gasteiger partial charge in [-0.2, -0.15) is 0 Å². The number of ether oxygens (including phenoxy) is 1. The van der Waals surface area contributed by atoms with E-state index in [2.05, 4.69) is 69.2 Å². The summed E-state index contributed by atoms with van der Waals surface area (Å²) in [6, 6.07) is 0. The first-order chi connectivity index (χ1) is 11.3. The Morgan fingerprint density at radius 3 is 1.36 bits per heavy atom. The molecular weight excluding hydrogens is 336 g/mol. The zero-order chi connectivity index (χ0) is 20.4. The second kappa shape index (κ2) is 12.2. The van der Waals surface area contributed by atoms with Crippen molar-refractivity contribution in [1.82, 2.24) is 0 Å². The van der Waals surface area contributed by atoms with E-state index in [0.717, 1.165) is 25.7 Å². The third-order valence-electron chi connectivity index (χ3n) is 4.93. The Bertz CT molecular complexity index is 347. The zero-order valence-corrected chi connectivity index (χ0v) is 19.0. The van der Waals surface area contributed by atoms with Crippen LogP contribution in [0.1, 0.15) is 94.9 Å². The Kier molecular flexibility index (Phi) is 13.1. The molecule has 0 bridgehead atoms. The van der Waals surface area contributed by atoms with Crippen molar-refractivity contribution < 1.29 is 14.6 Å². The van der Waals surface area contributed by atoms with Crippen LogP contribution in [0.4, 0.5) is 4.79 Å². The highest BCUT2D eigenvalue weighted by atomic mass is 35.5. The van der Waals surface area contributed by atoms with Crippen LogP contribution in [0.5, 0.6) is 0 Å². The third kappa shape index (κ3) is 11.1. The van der Waals surface area contributed by atoms with Crippen molar-refractivity contribution >= 4 is 17.0 Å². The highest BCUT2D eigenvalue weighted by molar-refractivity contribution is 6.61. The van der Waals surface area contributed by atoms with Crippen molar-refractivity contribution in [1.29, 1.82) is 0 Å². The van der Waals surface area contributed by atoms with Gasteiger partial charge in [-0.3, -0.25) is 0 Å². The maximum atomic E-state index is 10.8. The van der Waals surface area contributed by atoms with Crippen LogP contribution in [0.2, 0.25) is 0 Å². The number of aliphatic hydroxyl groups is 1. The van der Waals surface area contributed by atoms with Crippen LogP contribution in [0, 0.1) is 22.7 Å². The number of rotatable bonds is 7. The second-order valence-electron chi connectivity index (χ2n) is 9.11. The van der Waals surface area contributed by atoms with E-state index in [1.165, 1.54) is 0 Å². The summed E-state index contributed by atoms with van der Waals surface area (Å²) in [7, 11) is 0. The lowest BCUT2D eigenvalue weighted by Gasteiger charge is -2.35. The molecule has 0 amide bonds. The summed E-state index contributed by atoms with van der Waals surface area (Å²) in [6.07, 6.45) is 3.91. The average molecular weight is 379 g/mol. The molecule has 0 aliphatic heterocycles. The molecule has 4 heteroatoms. The molecule has 2 atom stereocenters. The first-order valence-electron chi connectivity index (χ1n) is 9.80. The molecular formula is C21H43ClO3. The van der Waals surface area contributed by atoms with E-state index >= 15 is 0 Å². The number of hydrogen-bond donors (Lipinski definition) is 1. The van der Waals surface area contributed by atoms with E-state index in [0.29, 0.717) is 11.8 Å². The van der Waals surface area contributed by atoms with Crippen LogP contribution in [-0.2, 0) is 4.74 Å². The summed E-state index contributed by atoms with van der Waals surface area (Å²) in [5.74, 6) is 0.854. The monoisotopic (exact) mass is 378 g/mol. The van der Waals surface area contributed by atoms with E-state index in [1.54, 1.807) is 0 Å². The van der Waals surface area contributed by atoms with Gasteiger partial charge in [0, 0.05) is 11.6 Å². The number of carbonyl (C=O) groups excluding carboxylic acids is 1. The van der Waals surface area contributed by atoms with Crippen LogP contribution < -0.4 is 0 Å². The largest absolute Gasteiger partial charge is 0.450 e.